The number of hydrogen-bond donors (Lipinski definition) is 2. The molecule has 0 radical (unpaired) electrons. The van der Waals surface area contributed by atoms with Crippen molar-refractivity contribution < 1.29 is 19.4 Å². The Hall–Kier alpha value is -2.05. The van der Waals surface area contributed by atoms with E-state index in [4.69, 9.17) is 9.84 Å². The van der Waals surface area contributed by atoms with Crippen molar-refractivity contribution in [3.63, 3.8) is 0 Å². The van der Waals surface area contributed by atoms with E-state index in [-0.39, 0.29) is 11.8 Å². The molecule has 0 spiro atoms. The quantitative estimate of drug-likeness (QED) is 0.893. The number of amides is 1. The van der Waals surface area contributed by atoms with Crippen LogP contribution in [0, 0.1) is 5.92 Å². The van der Waals surface area contributed by atoms with E-state index in [1.807, 2.05) is 20.8 Å². The first-order valence-corrected chi connectivity index (χ1v) is 7.50. The summed E-state index contributed by atoms with van der Waals surface area (Å²) in [6, 6.07) is 1.57. The van der Waals surface area contributed by atoms with Gasteiger partial charge in [0.1, 0.15) is 5.60 Å². The molecule has 0 unspecified atom stereocenters. The zero-order valence-electron chi connectivity index (χ0n) is 13.3. The second-order valence-electron chi connectivity index (χ2n) is 6.70. The van der Waals surface area contributed by atoms with Crippen molar-refractivity contribution >= 4 is 12.1 Å². The molecule has 0 atom stereocenters. The van der Waals surface area contributed by atoms with Gasteiger partial charge in [0.25, 0.3) is 0 Å². The van der Waals surface area contributed by atoms with Gasteiger partial charge in [0.15, 0.2) is 5.69 Å². The lowest BCUT2D eigenvalue weighted by atomic mass is 9.92. The molecular formula is C15H23N3O4. The predicted octanol–water partition coefficient (Wildman–Crippen LogP) is 2.30. The predicted molar refractivity (Wildman–Crippen MR) is 79.8 cm³/mol. The number of rotatable bonds is 3. The Morgan fingerprint density at radius 1 is 1.41 bits per heavy atom. The highest BCUT2D eigenvalue weighted by Gasteiger charge is 2.27. The van der Waals surface area contributed by atoms with Crippen molar-refractivity contribution in [3.8, 4) is 0 Å². The summed E-state index contributed by atoms with van der Waals surface area (Å²) < 4.78 is 5.37. The van der Waals surface area contributed by atoms with E-state index in [0.717, 1.165) is 25.0 Å². The van der Waals surface area contributed by atoms with E-state index >= 15 is 0 Å². The van der Waals surface area contributed by atoms with Gasteiger partial charge < -0.3 is 14.7 Å². The van der Waals surface area contributed by atoms with Crippen LogP contribution < -0.4 is 0 Å². The second-order valence-corrected chi connectivity index (χ2v) is 6.70. The fourth-order valence-electron chi connectivity index (χ4n) is 2.53. The third kappa shape index (κ3) is 4.47. The van der Waals surface area contributed by atoms with Gasteiger partial charge in [-0.25, -0.2) is 9.59 Å². The van der Waals surface area contributed by atoms with Crippen molar-refractivity contribution in [2.24, 2.45) is 5.92 Å². The molecule has 1 fully saturated rings. The molecular weight excluding hydrogens is 286 g/mol. The number of nitrogens with zero attached hydrogens (tertiary/aromatic N) is 2. The molecule has 1 aromatic rings. The minimum absolute atomic E-state index is 0.0428. The van der Waals surface area contributed by atoms with Crippen molar-refractivity contribution in [1.29, 1.82) is 0 Å². The third-order valence-electron chi connectivity index (χ3n) is 3.62. The molecule has 22 heavy (non-hydrogen) atoms. The first-order valence-electron chi connectivity index (χ1n) is 7.50. The Labute approximate surface area is 129 Å². The number of hydrogen-bond acceptors (Lipinski definition) is 4. The molecule has 2 heterocycles. The van der Waals surface area contributed by atoms with Gasteiger partial charge in [-0.05, 0) is 52.0 Å². The molecule has 0 bridgehead atoms. The SMILES string of the molecule is CC(C)(C)OC(=O)N1CCC(Cc2cc(C(=O)O)n[nH]2)CC1. The maximum atomic E-state index is 12.0. The third-order valence-corrected chi connectivity index (χ3v) is 3.62. The smallest absolute Gasteiger partial charge is 0.410 e. The highest BCUT2D eigenvalue weighted by Crippen LogP contribution is 2.22. The number of carboxylic acid groups (broad SMARTS) is 1. The lowest BCUT2D eigenvalue weighted by Crippen LogP contribution is -2.42. The summed E-state index contributed by atoms with van der Waals surface area (Å²) in [5.74, 6) is -0.608. The van der Waals surface area contributed by atoms with Crippen LogP contribution >= 0.6 is 0 Å². The maximum Gasteiger partial charge on any atom is 0.410 e. The Balaban J connectivity index is 1.81. The van der Waals surface area contributed by atoms with Crippen molar-refractivity contribution in [3.05, 3.63) is 17.5 Å². The number of piperidine rings is 1. The average molecular weight is 309 g/mol. The zero-order chi connectivity index (χ0) is 16.3. The first-order chi connectivity index (χ1) is 10.2. The number of carboxylic acids is 1. The standard InChI is InChI=1S/C15H23N3O4/c1-15(2,3)22-14(21)18-6-4-10(5-7-18)8-11-9-12(13(19)20)17-16-11/h9-10H,4-8H2,1-3H3,(H,16,17)(H,19,20). The Morgan fingerprint density at radius 3 is 2.55 bits per heavy atom. The topological polar surface area (TPSA) is 95.5 Å². The van der Waals surface area contributed by atoms with E-state index in [1.54, 1.807) is 11.0 Å². The highest BCUT2D eigenvalue weighted by atomic mass is 16.6. The molecule has 1 aliphatic heterocycles. The number of aromatic carboxylic acids is 1. The minimum Gasteiger partial charge on any atom is -0.476 e. The van der Waals surface area contributed by atoms with Crippen LogP contribution in [0.3, 0.4) is 0 Å². The number of ether oxygens (including phenoxy) is 1. The largest absolute Gasteiger partial charge is 0.476 e. The molecule has 1 saturated heterocycles. The molecule has 0 aromatic carbocycles. The second kappa shape index (κ2) is 6.37. The Morgan fingerprint density at radius 2 is 2.05 bits per heavy atom. The zero-order valence-corrected chi connectivity index (χ0v) is 13.3. The van der Waals surface area contributed by atoms with Gasteiger partial charge in [-0.2, -0.15) is 5.10 Å². The van der Waals surface area contributed by atoms with Crippen LogP contribution in [-0.4, -0.2) is 51.0 Å². The first kappa shape index (κ1) is 16.3. The number of carbonyl (C=O) groups is 2. The Kier molecular flexibility index (Phi) is 4.73. The van der Waals surface area contributed by atoms with E-state index in [0.29, 0.717) is 19.0 Å². The maximum absolute atomic E-state index is 12.0. The van der Waals surface area contributed by atoms with Crippen molar-refractivity contribution in [2.45, 2.75) is 45.6 Å². The van der Waals surface area contributed by atoms with Crippen LogP contribution in [0.5, 0.6) is 0 Å². The highest BCUT2D eigenvalue weighted by molar-refractivity contribution is 5.85. The lowest BCUT2D eigenvalue weighted by molar-refractivity contribution is 0.0184. The van der Waals surface area contributed by atoms with Gasteiger partial charge in [-0.3, -0.25) is 5.10 Å². The van der Waals surface area contributed by atoms with E-state index in [1.165, 1.54) is 0 Å². The average Bonchev–Trinajstić information content (AvgIpc) is 2.86. The van der Waals surface area contributed by atoms with Crippen LogP contribution in [0.2, 0.25) is 0 Å². The molecule has 1 aliphatic rings. The van der Waals surface area contributed by atoms with Gasteiger partial charge in [0.05, 0.1) is 0 Å². The van der Waals surface area contributed by atoms with Gasteiger partial charge in [-0.1, -0.05) is 0 Å². The summed E-state index contributed by atoms with van der Waals surface area (Å²) in [7, 11) is 0. The number of carbonyl (C=O) groups excluding carboxylic acids is 1. The van der Waals surface area contributed by atoms with Crippen LogP contribution in [0.4, 0.5) is 4.79 Å². The van der Waals surface area contributed by atoms with Gasteiger partial charge in [0, 0.05) is 18.8 Å². The fourth-order valence-corrected chi connectivity index (χ4v) is 2.53. The van der Waals surface area contributed by atoms with Crippen LogP contribution in [-0.2, 0) is 11.2 Å². The number of aromatic nitrogens is 2. The van der Waals surface area contributed by atoms with Gasteiger partial charge >= 0.3 is 12.1 Å². The number of nitrogens with one attached hydrogen (secondary N) is 1. The normalized spacial score (nSPS) is 16.6. The fraction of sp³-hybridized carbons (Fsp3) is 0.667. The molecule has 7 nitrogen and oxygen atoms in total. The number of likely N-dealkylation sites (tertiary alicyclic amines) is 1. The molecule has 7 heteroatoms. The summed E-state index contributed by atoms with van der Waals surface area (Å²) in [6.45, 7) is 6.90. The van der Waals surface area contributed by atoms with Gasteiger partial charge in [0.2, 0.25) is 0 Å². The van der Waals surface area contributed by atoms with Gasteiger partial charge in [-0.15, -0.1) is 0 Å². The summed E-state index contributed by atoms with van der Waals surface area (Å²) in [5.41, 5.74) is 0.395. The van der Waals surface area contributed by atoms with E-state index in [2.05, 4.69) is 10.2 Å². The van der Waals surface area contributed by atoms with Crippen molar-refractivity contribution in [2.75, 3.05) is 13.1 Å². The Bertz CT molecular complexity index is 539. The number of aromatic amines is 1. The summed E-state index contributed by atoms with van der Waals surface area (Å²) in [6.07, 6.45) is 2.24. The molecule has 1 amide bonds. The summed E-state index contributed by atoms with van der Waals surface area (Å²) >= 11 is 0. The van der Waals surface area contributed by atoms with E-state index < -0.39 is 11.6 Å². The molecule has 122 valence electrons. The molecule has 2 rings (SSSR count). The van der Waals surface area contributed by atoms with Crippen LogP contribution in [0.15, 0.2) is 6.07 Å². The monoisotopic (exact) mass is 309 g/mol. The van der Waals surface area contributed by atoms with Crippen LogP contribution in [0.1, 0.15) is 49.8 Å². The number of H-pyrrole nitrogens is 1. The molecule has 0 saturated carbocycles. The minimum atomic E-state index is -1.03. The van der Waals surface area contributed by atoms with Crippen LogP contribution in [0.25, 0.3) is 0 Å². The summed E-state index contributed by atoms with van der Waals surface area (Å²) in [5, 5.41) is 15.4. The molecule has 0 aliphatic carbocycles. The van der Waals surface area contributed by atoms with E-state index in [9.17, 15) is 9.59 Å². The van der Waals surface area contributed by atoms with Crippen molar-refractivity contribution in [1.82, 2.24) is 15.1 Å². The lowest BCUT2D eigenvalue weighted by Gasteiger charge is -2.33. The summed E-state index contributed by atoms with van der Waals surface area (Å²) in [4.78, 5) is 24.5. The molecule has 2 N–H and O–H groups in total. The molecule has 1 aromatic heterocycles.